The van der Waals surface area contributed by atoms with Crippen LogP contribution in [0, 0.1) is 12.8 Å². The molecule has 94 valence electrons. The first kappa shape index (κ1) is 13.6. The fraction of sp³-hybridized carbons (Fsp3) is 0.500. The van der Waals surface area contributed by atoms with Gasteiger partial charge in [-0.3, -0.25) is 4.79 Å². The van der Waals surface area contributed by atoms with Crippen LogP contribution in [-0.2, 0) is 4.79 Å². The van der Waals surface area contributed by atoms with E-state index in [0.29, 0.717) is 12.0 Å². The van der Waals surface area contributed by atoms with Gasteiger partial charge < -0.3 is 10.6 Å². The minimum absolute atomic E-state index is 0.0447. The van der Waals surface area contributed by atoms with E-state index >= 15 is 0 Å². The van der Waals surface area contributed by atoms with Crippen molar-refractivity contribution in [2.75, 3.05) is 10.6 Å². The van der Waals surface area contributed by atoms with Gasteiger partial charge in [-0.1, -0.05) is 19.9 Å². The van der Waals surface area contributed by atoms with Crippen molar-refractivity contribution in [3.05, 3.63) is 23.8 Å². The lowest BCUT2D eigenvalue weighted by atomic mass is 10.1. The van der Waals surface area contributed by atoms with Crippen LogP contribution in [0.5, 0.6) is 0 Å². The number of benzene rings is 1. The molecule has 0 radical (unpaired) electrons. The zero-order valence-corrected chi connectivity index (χ0v) is 11.3. The van der Waals surface area contributed by atoms with Crippen LogP contribution in [0.2, 0.25) is 0 Å². The summed E-state index contributed by atoms with van der Waals surface area (Å²) < 4.78 is 0. The second kappa shape index (κ2) is 5.71. The van der Waals surface area contributed by atoms with Crippen molar-refractivity contribution >= 4 is 17.3 Å². The lowest BCUT2D eigenvalue weighted by Gasteiger charge is -2.21. The molecular formula is C14H22N2O. The number of nitrogens with one attached hydrogen (secondary N) is 2. The van der Waals surface area contributed by atoms with Crippen molar-refractivity contribution in [2.24, 2.45) is 5.92 Å². The van der Waals surface area contributed by atoms with Crippen molar-refractivity contribution in [2.45, 2.75) is 40.7 Å². The Kier molecular flexibility index (Phi) is 4.55. The molecule has 1 aromatic rings. The zero-order valence-electron chi connectivity index (χ0n) is 11.3. The summed E-state index contributed by atoms with van der Waals surface area (Å²) in [5.41, 5.74) is 3.10. The Hall–Kier alpha value is -1.51. The van der Waals surface area contributed by atoms with E-state index in [0.717, 1.165) is 11.4 Å². The highest BCUT2D eigenvalue weighted by molar-refractivity contribution is 5.89. The Bertz CT molecular complexity index is 399. The molecule has 0 aliphatic heterocycles. The molecule has 0 aliphatic rings. The first-order valence-corrected chi connectivity index (χ1v) is 6.05. The number of rotatable bonds is 4. The van der Waals surface area contributed by atoms with Gasteiger partial charge in [0, 0.05) is 24.3 Å². The molecule has 1 atom stereocenters. The number of hydrogen-bond donors (Lipinski definition) is 2. The van der Waals surface area contributed by atoms with Crippen LogP contribution in [0.3, 0.4) is 0 Å². The predicted molar refractivity (Wildman–Crippen MR) is 73.4 cm³/mol. The number of anilines is 2. The van der Waals surface area contributed by atoms with Crippen molar-refractivity contribution in [1.82, 2.24) is 0 Å². The molecule has 0 heterocycles. The Labute approximate surface area is 104 Å². The highest BCUT2D eigenvalue weighted by atomic mass is 16.1. The summed E-state index contributed by atoms with van der Waals surface area (Å²) >= 11 is 0. The zero-order chi connectivity index (χ0) is 13.0. The van der Waals surface area contributed by atoms with Gasteiger partial charge in [-0.25, -0.2) is 0 Å². The summed E-state index contributed by atoms with van der Waals surface area (Å²) in [5, 5.41) is 6.27. The molecule has 0 aromatic heterocycles. The lowest BCUT2D eigenvalue weighted by Crippen LogP contribution is -2.22. The third-order valence-electron chi connectivity index (χ3n) is 2.94. The minimum atomic E-state index is -0.0447. The summed E-state index contributed by atoms with van der Waals surface area (Å²) in [6.45, 7) is 10.1. The molecule has 0 fully saturated rings. The smallest absolute Gasteiger partial charge is 0.221 e. The van der Waals surface area contributed by atoms with E-state index in [1.54, 1.807) is 0 Å². The summed E-state index contributed by atoms with van der Waals surface area (Å²) in [7, 11) is 0. The molecule has 0 saturated heterocycles. The number of carbonyl (C=O) groups excluding carboxylic acids is 1. The number of amides is 1. The molecule has 3 heteroatoms. The molecule has 0 aliphatic carbocycles. The number of aryl methyl sites for hydroxylation is 1. The van der Waals surface area contributed by atoms with Gasteiger partial charge in [0.25, 0.3) is 0 Å². The van der Waals surface area contributed by atoms with Crippen LogP contribution in [0.25, 0.3) is 0 Å². The van der Waals surface area contributed by atoms with Gasteiger partial charge in [-0.15, -0.1) is 0 Å². The third-order valence-corrected chi connectivity index (χ3v) is 2.94. The van der Waals surface area contributed by atoms with E-state index in [-0.39, 0.29) is 5.91 Å². The maximum absolute atomic E-state index is 11.0. The normalized spacial score (nSPS) is 12.4. The molecule has 0 bridgehead atoms. The minimum Gasteiger partial charge on any atom is -0.382 e. The first-order valence-electron chi connectivity index (χ1n) is 6.05. The third kappa shape index (κ3) is 4.10. The van der Waals surface area contributed by atoms with E-state index in [1.165, 1.54) is 12.5 Å². The van der Waals surface area contributed by atoms with Crippen LogP contribution in [0.4, 0.5) is 11.4 Å². The van der Waals surface area contributed by atoms with Crippen LogP contribution < -0.4 is 10.6 Å². The Morgan fingerprint density at radius 3 is 2.41 bits per heavy atom. The highest BCUT2D eigenvalue weighted by Crippen LogP contribution is 2.22. The number of carbonyl (C=O) groups is 1. The van der Waals surface area contributed by atoms with Crippen molar-refractivity contribution < 1.29 is 4.79 Å². The summed E-state index contributed by atoms with van der Waals surface area (Å²) in [6, 6.07) is 6.32. The highest BCUT2D eigenvalue weighted by Gasteiger charge is 2.08. The first-order chi connectivity index (χ1) is 7.90. The molecule has 17 heavy (non-hydrogen) atoms. The van der Waals surface area contributed by atoms with E-state index in [2.05, 4.69) is 38.3 Å². The van der Waals surface area contributed by atoms with Crippen LogP contribution in [-0.4, -0.2) is 11.9 Å². The van der Waals surface area contributed by atoms with E-state index in [9.17, 15) is 4.79 Å². The molecule has 0 saturated carbocycles. The maximum Gasteiger partial charge on any atom is 0.221 e. The fourth-order valence-electron chi connectivity index (χ4n) is 1.47. The molecule has 2 N–H and O–H groups in total. The lowest BCUT2D eigenvalue weighted by molar-refractivity contribution is -0.114. The second-order valence-electron chi connectivity index (χ2n) is 4.89. The van der Waals surface area contributed by atoms with Gasteiger partial charge in [-0.2, -0.15) is 0 Å². The average Bonchev–Trinajstić information content (AvgIpc) is 2.22. The van der Waals surface area contributed by atoms with E-state index in [4.69, 9.17) is 0 Å². The second-order valence-corrected chi connectivity index (χ2v) is 4.89. The molecule has 3 nitrogen and oxygen atoms in total. The Balaban J connectivity index is 2.86. The van der Waals surface area contributed by atoms with Crippen molar-refractivity contribution in [3.8, 4) is 0 Å². The van der Waals surface area contributed by atoms with Crippen molar-refractivity contribution in [3.63, 3.8) is 0 Å². The fourth-order valence-corrected chi connectivity index (χ4v) is 1.47. The number of hydrogen-bond acceptors (Lipinski definition) is 2. The van der Waals surface area contributed by atoms with Gasteiger partial charge >= 0.3 is 0 Å². The molecule has 1 aromatic carbocycles. The largest absolute Gasteiger partial charge is 0.382 e. The van der Waals surface area contributed by atoms with Gasteiger partial charge in [0.15, 0.2) is 0 Å². The van der Waals surface area contributed by atoms with Gasteiger partial charge in [0.05, 0.1) is 0 Å². The topological polar surface area (TPSA) is 41.1 Å². The van der Waals surface area contributed by atoms with Crippen LogP contribution in [0.15, 0.2) is 18.2 Å². The Morgan fingerprint density at radius 2 is 1.88 bits per heavy atom. The monoisotopic (exact) mass is 234 g/mol. The van der Waals surface area contributed by atoms with Gasteiger partial charge in [-0.05, 0) is 37.5 Å². The van der Waals surface area contributed by atoms with Crippen LogP contribution in [0.1, 0.15) is 33.3 Å². The summed E-state index contributed by atoms with van der Waals surface area (Å²) in [4.78, 5) is 11.0. The summed E-state index contributed by atoms with van der Waals surface area (Å²) in [6.07, 6.45) is 0. The van der Waals surface area contributed by atoms with Gasteiger partial charge in [0.1, 0.15) is 0 Å². The SMILES string of the molecule is CC(=O)Nc1ccc(C)c(NC(C)C(C)C)c1. The Morgan fingerprint density at radius 1 is 1.24 bits per heavy atom. The molecular weight excluding hydrogens is 212 g/mol. The van der Waals surface area contributed by atoms with Crippen LogP contribution >= 0.6 is 0 Å². The standard InChI is InChI=1S/C14H22N2O/c1-9(2)11(4)15-14-8-13(16-12(5)17)7-6-10(14)3/h6-9,11,15H,1-5H3,(H,16,17). The van der Waals surface area contributed by atoms with Crippen molar-refractivity contribution in [1.29, 1.82) is 0 Å². The van der Waals surface area contributed by atoms with Gasteiger partial charge in [0.2, 0.25) is 5.91 Å². The molecule has 1 rings (SSSR count). The predicted octanol–water partition coefficient (Wildman–Crippen LogP) is 3.41. The maximum atomic E-state index is 11.0. The molecule has 1 amide bonds. The molecule has 0 spiro atoms. The molecule has 1 unspecified atom stereocenters. The quantitative estimate of drug-likeness (QED) is 0.838. The average molecular weight is 234 g/mol. The van der Waals surface area contributed by atoms with E-state index < -0.39 is 0 Å². The van der Waals surface area contributed by atoms with E-state index in [1.807, 2.05) is 18.2 Å². The summed E-state index contributed by atoms with van der Waals surface area (Å²) in [5.74, 6) is 0.524.